The molecule has 1 heterocycles. The van der Waals surface area contributed by atoms with Crippen LogP contribution >= 0.6 is 0 Å². The molecule has 0 spiro atoms. The fourth-order valence-corrected chi connectivity index (χ4v) is 2.30. The van der Waals surface area contributed by atoms with Gasteiger partial charge in [0, 0.05) is 45.1 Å². The Labute approximate surface area is 104 Å². The van der Waals surface area contributed by atoms with E-state index in [1.54, 1.807) is 0 Å². The van der Waals surface area contributed by atoms with E-state index < -0.39 is 0 Å². The van der Waals surface area contributed by atoms with Crippen LogP contribution in [0.1, 0.15) is 33.1 Å². The van der Waals surface area contributed by atoms with Crippen LogP contribution in [0.5, 0.6) is 0 Å². The van der Waals surface area contributed by atoms with Gasteiger partial charge in [-0.3, -0.25) is 9.69 Å². The van der Waals surface area contributed by atoms with Gasteiger partial charge in [0.25, 0.3) is 0 Å². The molecule has 17 heavy (non-hydrogen) atoms. The van der Waals surface area contributed by atoms with Gasteiger partial charge in [-0.05, 0) is 12.8 Å². The third-order valence-electron chi connectivity index (χ3n) is 3.56. The van der Waals surface area contributed by atoms with Crippen LogP contribution in [0.3, 0.4) is 0 Å². The molecule has 4 heteroatoms. The maximum atomic E-state index is 12.1. The van der Waals surface area contributed by atoms with Crippen LogP contribution in [-0.4, -0.2) is 48.4 Å². The van der Waals surface area contributed by atoms with Crippen molar-refractivity contribution in [1.29, 1.82) is 5.26 Å². The van der Waals surface area contributed by atoms with Gasteiger partial charge >= 0.3 is 0 Å². The van der Waals surface area contributed by atoms with Crippen molar-refractivity contribution in [2.75, 3.05) is 32.7 Å². The van der Waals surface area contributed by atoms with E-state index in [4.69, 9.17) is 5.26 Å². The van der Waals surface area contributed by atoms with Crippen molar-refractivity contribution >= 4 is 5.91 Å². The zero-order valence-electron chi connectivity index (χ0n) is 11.0. The highest BCUT2D eigenvalue weighted by Crippen LogP contribution is 2.13. The molecule has 4 nitrogen and oxygen atoms in total. The first-order chi connectivity index (χ1) is 8.22. The molecule has 0 radical (unpaired) electrons. The molecule has 1 amide bonds. The molecule has 0 aliphatic carbocycles. The number of carbonyl (C=O) groups is 1. The molecule has 0 aromatic heterocycles. The summed E-state index contributed by atoms with van der Waals surface area (Å²) in [4.78, 5) is 16.4. The van der Waals surface area contributed by atoms with Gasteiger partial charge < -0.3 is 4.90 Å². The highest BCUT2D eigenvalue weighted by Gasteiger charge is 2.24. The lowest BCUT2D eigenvalue weighted by Gasteiger charge is -2.35. The van der Waals surface area contributed by atoms with E-state index in [2.05, 4.69) is 24.8 Å². The van der Waals surface area contributed by atoms with Gasteiger partial charge in [-0.1, -0.05) is 13.8 Å². The molecule has 0 aromatic carbocycles. The number of hydrogen-bond donors (Lipinski definition) is 0. The van der Waals surface area contributed by atoms with E-state index in [0.717, 1.165) is 45.6 Å². The first-order valence-electron chi connectivity index (χ1n) is 6.61. The number of amides is 1. The van der Waals surface area contributed by atoms with Gasteiger partial charge in [0.2, 0.25) is 5.91 Å². The van der Waals surface area contributed by atoms with Gasteiger partial charge in [-0.2, -0.15) is 5.26 Å². The number of nitrogens with zero attached hydrogens (tertiary/aromatic N) is 3. The summed E-state index contributed by atoms with van der Waals surface area (Å²) >= 11 is 0. The number of piperazine rings is 1. The number of nitriles is 1. The van der Waals surface area contributed by atoms with Gasteiger partial charge in [0.05, 0.1) is 6.07 Å². The summed E-state index contributed by atoms with van der Waals surface area (Å²) in [6.45, 7) is 8.46. The fraction of sp³-hybridized carbons (Fsp3) is 0.846. The summed E-state index contributed by atoms with van der Waals surface area (Å²) in [5.74, 6) is 0.510. The molecule has 1 saturated heterocycles. The standard InChI is InChI=1S/C13H23N3O/c1-3-12(4-2)13(17)16-10-8-15(9-11-16)7-5-6-14/h12H,3-5,7-11H2,1-2H3. The lowest BCUT2D eigenvalue weighted by molar-refractivity contribution is -0.137. The van der Waals surface area contributed by atoms with Crippen molar-refractivity contribution in [3.63, 3.8) is 0 Å². The Morgan fingerprint density at radius 2 is 1.82 bits per heavy atom. The molecule has 96 valence electrons. The van der Waals surface area contributed by atoms with Crippen molar-refractivity contribution < 1.29 is 4.79 Å². The molecule has 1 aliphatic heterocycles. The summed E-state index contributed by atoms with van der Waals surface area (Å²) in [7, 11) is 0. The molecule has 1 aliphatic rings. The minimum atomic E-state index is 0.195. The lowest BCUT2D eigenvalue weighted by atomic mass is 10.0. The predicted octanol–water partition coefficient (Wildman–Crippen LogP) is 1.48. The van der Waals surface area contributed by atoms with Crippen molar-refractivity contribution in [3.8, 4) is 6.07 Å². The highest BCUT2D eigenvalue weighted by molar-refractivity contribution is 5.78. The maximum absolute atomic E-state index is 12.1. The van der Waals surface area contributed by atoms with E-state index in [-0.39, 0.29) is 5.92 Å². The second-order valence-electron chi connectivity index (χ2n) is 4.59. The Hall–Kier alpha value is -1.08. The van der Waals surface area contributed by atoms with Gasteiger partial charge in [-0.25, -0.2) is 0 Å². The summed E-state index contributed by atoms with van der Waals surface area (Å²) in [6.07, 6.45) is 2.45. The lowest BCUT2D eigenvalue weighted by Crippen LogP contribution is -2.50. The Balaban J connectivity index is 2.36. The topological polar surface area (TPSA) is 47.3 Å². The predicted molar refractivity (Wildman–Crippen MR) is 67.3 cm³/mol. The summed E-state index contributed by atoms with van der Waals surface area (Å²) < 4.78 is 0. The average Bonchev–Trinajstić information content (AvgIpc) is 2.38. The molecule has 0 bridgehead atoms. The third kappa shape index (κ3) is 4.01. The van der Waals surface area contributed by atoms with E-state index in [0.29, 0.717) is 12.3 Å². The van der Waals surface area contributed by atoms with Crippen LogP contribution < -0.4 is 0 Å². The normalized spacial score (nSPS) is 17.2. The molecule has 1 fully saturated rings. The van der Waals surface area contributed by atoms with Crippen LogP contribution in [0.25, 0.3) is 0 Å². The van der Waals surface area contributed by atoms with E-state index in [1.807, 2.05) is 4.90 Å². The quantitative estimate of drug-likeness (QED) is 0.727. The SMILES string of the molecule is CCC(CC)C(=O)N1CCN(CCC#N)CC1. The Bertz CT molecular complexity index is 273. The second-order valence-corrected chi connectivity index (χ2v) is 4.59. The van der Waals surface area contributed by atoms with Crippen LogP contribution in [0.4, 0.5) is 0 Å². The molecule has 0 aromatic rings. The van der Waals surface area contributed by atoms with Gasteiger partial charge in [-0.15, -0.1) is 0 Å². The van der Waals surface area contributed by atoms with E-state index in [1.165, 1.54) is 0 Å². The molecular formula is C13H23N3O. The van der Waals surface area contributed by atoms with Gasteiger partial charge in [0.15, 0.2) is 0 Å². The third-order valence-corrected chi connectivity index (χ3v) is 3.56. The van der Waals surface area contributed by atoms with Crippen LogP contribution in [0, 0.1) is 17.2 Å². The fourth-order valence-electron chi connectivity index (χ4n) is 2.30. The minimum Gasteiger partial charge on any atom is -0.340 e. The molecule has 1 rings (SSSR count). The Morgan fingerprint density at radius 3 is 2.29 bits per heavy atom. The zero-order chi connectivity index (χ0) is 12.7. The molecule has 0 unspecified atom stereocenters. The highest BCUT2D eigenvalue weighted by atomic mass is 16.2. The largest absolute Gasteiger partial charge is 0.340 e. The monoisotopic (exact) mass is 237 g/mol. The Kier molecular flexibility index (Phi) is 5.99. The number of hydrogen-bond acceptors (Lipinski definition) is 3. The second kappa shape index (κ2) is 7.29. The summed E-state index contributed by atoms with van der Waals surface area (Å²) in [5, 5.41) is 8.53. The Morgan fingerprint density at radius 1 is 1.24 bits per heavy atom. The summed E-state index contributed by atoms with van der Waals surface area (Å²) in [5.41, 5.74) is 0. The molecule has 0 atom stereocenters. The van der Waals surface area contributed by atoms with Crippen LogP contribution in [0.15, 0.2) is 0 Å². The van der Waals surface area contributed by atoms with Gasteiger partial charge in [0.1, 0.15) is 0 Å². The summed E-state index contributed by atoms with van der Waals surface area (Å²) in [6, 6.07) is 2.16. The molecular weight excluding hydrogens is 214 g/mol. The van der Waals surface area contributed by atoms with Crippen molar-refractivity contribution in [1.82, 2.24) is 9.80 Å². The van der Waals surface area contributed by atoms with E-state index >= 15 is 0 Å². The smallest absolute Gasteiger partial charge is 0.225 e. The number of rotatable bonds is 5. The first-order valence-corrected chi connectivity index (χ1v) is 6.61. The first kappa shape index (κ1) is 14.0. The average molecular weight is 237 g/mol. The van der Waals surface area contributed by atoms with Crippen molar-refractivity contribution in [2.24, 2.45) is 5.92 Å². The molecule has 0 saturated carbocycles. The zero-order valence-corrected chi connectivity index (χ0v) is 11.0. The minimum absolute atomic E-state index is 0.195. The van der Waals surface area contributed by atoms with Crippen LogP contribution in [0.2, 0.25) is 0 Å². The van der Waals surface area contributed by atoms with Crippen molar-refractivity contribution in [3.05, 3.63) is 0 Å². The van der Waals surface area contributed by atoms with Crippen LogP contribution in [-0.2, 0) is 4.79 Å². The number of carbonyl (C=O) groups excluding carboxylic acids is 1. The molecule has 0 N–H and O–H groups in total. The van der Waals surface area contributed by atoms with Crippen molar-refractivity contribution in [2.45, 2.75) is 33.1 Å². The maximum Gasteiger partial charge on any atom is 0.225 e. The van der Waals surface area contributed by atoms with E-state index in [9.17, 15) is 4.79 Å².